The molecule has 4 nitrogen and oxygen atoms in total. The number of hydrogen-bond donors (Lipinski definition) is 1. The first kappa shape index (κ1) is 11.6. The monoisotopic (exact) mass is 256 g/mol. The first-order valence-electron chi connectivity index (χ1n) is 6.00. The molecule has 0 saturated carbocycles. The van der Waals surface area contributed by atoms with Gasteiger partial charge in [-0.15, -0.1) is 0 Å². The van der Waals surface area contributed by atoms with Gasteiger partial charge in [0, 0.05) is 19.8 Å². The number of anilines is 1. The average Bonchev–Trinajstić information content (AvgIpc) is 2.79. The van der Waals surface area contributed by atoms with Gasteiger partial charge < -0.3 is 9.88 Å². The van der Waals surface area contributed by atoms with Crippen molar-refractivity contribution in [1.29, 1.82) is 0 Å². The van der Waals surface area contributed by atoms with Crippen molar-refractivity contribution in [3.63, 3.8) is 0 Å². The molecule has 3 aromatic rings. The van der Waals surface area contributed by atoms with Crippen molar-refractivity contribution in [3.05, 3.63) is 54.2 Å². The number of nitrogens with one attached hydrogen (secondary N) is 1. The van der Waals surface area contributed by atoms with Crippen LogP contribution in [0.3, 0.4) is 0 Å². The van der Waals surface area contributed by atoms with Gasteiger partial charge in [0.05, 0.1) is 5.39 Å². The minimum atomic E-state index is -0.718. The van der Waals surface area contributed by atoms with E-state index < -0.39 is 6.08 Å². The van der Waals surface area contributed by atoms with E-state index in [0.717, 1.165) is 10.9 Å². The maximum absolute atomic E-state index is 13.4. The second-order valence-electron chi connectivity index (χ2n) is 4.34. The summed E-state index contributed by atoms with van der Waals surface area (Å²) in [7, 11) is 1.83. The Labute approximate surface area is 109 Å². The molecule has 2 heterocycles. The van der Waals surface area contributed by atoms with E-state index in [1.165, 1.54) is 0 Å². The molecule has 0 aliphatic rings. The molecule has 0 fully saturated rings. The fraction of sp³-hybridized carbons (Fsp3) is 0.143. The molecular formula is C14H13FN4. The highest BCUT2D eigenvalue weighted by Crippen LogP contribution is 2.21. The normalized spacial score (nSPS) is 10.8. The molecule has 1 aromatic carbocycles. The van der Waals surface area contributed by atoms with E-state index in [4.69, 9.17) is 0 Å². The first-order valence-corrected chi connectivity index (χ1v) is 6.00. The molecule has 0 atom stereocenters. The maximum Gasteiger partial charge on any atom is 0.312 e. The van der Waals surface area contributed by atoms with Crippen LogP contribution in [-0.4, -0.2) is 14.5 Å². The van der Waals surface area contributed by atoms with Crippen LogP contribution in [0.15, 0.2) is 42.6 Å². The Morgan fingerprint density at radius 1 is 1.16 bits per heavy atom. The molecule has 3 rings (SSSR count). The van der Waals surface area contributed by atoms with E-state index in [2.05, 4.69) is 15.3 Å². The summed E-state index contributed by atoms with van der Waals surface area (Å²) in [6, 6.07) is 11.8. The largest absolute Gasteiger partial charge is 0.365 e. The van der Waals surface area contributed by atoms with Crippen molar-refractivity contribution in [3.8, 4) is 0 Å². The van der Waals surface area contributed by atoms with Gasteiger partial charge in [-0.1, -0.05) is 30.3 Å². The number of aryl methyl sites for hydroxylation is 1. The van der Waals surface area contributed by atoms with Crippen LogP contribution in [0.25, 0.3) is 11.0 Å². The Morgan fingerprint density at radius 2 is 1.95 bits per heavy atom. The number of halogens is 1. The quantitative estimate of drug-likeness (QED) is 0.733. The molecule has 0 spiro atoms. The molecule has 0 aliphatic heterocycles. The summed E-state index contributed by atoms with van der Waals surface area (Å²) in [4.78, 5) is 7.62. The molecule has 0 amide bonds. The van der Waals surface area contributed by atoms with E-state index >= 15 is 0 Å². The smallest absolute Gasteiger partial charge is 0.312 e. The molecule has 2 aromatic heterocycles. The molecule has 19 heavy (non-hydrogen) atoms. The van der Waals surface area contributed by atoms with Crippen molar-refractivity contribution in [1.82, 2.24) is 14.5 Å². The molecular weight excluding hydrogens is 243 g/mol. The number of hydrogen-bond acceptors (Lipinski definition) is 3. The van der Waals surface area contributed by atoms with Gasteiger partial charge in [0.25, 0.3) is 0 Å². The fourth-order valence-corrected chi connectivity index (χ4v) is 2.03. The minimum absolute atomic E-state index is 0.520. The summed E-state index contributed by atoms with van der Waals surface area (Å²) >= 11 is 0. The standard InChI is InChI=1S/C14H13FN4/c1-19-8-7-11-12(17-14(15)18-13(11)19)16-9-10-5-3-2-4-6-10/h2-8H,9H2,1H3,(H,16,17,18). The van der Waals surface area contributed by atoms with Gasteiger partial charge in [-0.2, -0.15) is 14.4 Å². The Balaban J connectivity index is 1.92. The highest BCUT2D eigenvalue weighted by atomic mass is 19.1. The van der Waals surface area contributed by atoms with Crippen LogP contribution < -0.4 is 5.32 Å². The van der Waals surface area contributed by atoms with Crippen molar-refractivity contribution < 1.29 is 4.39 Å². The van der Waals surface area contributed by atoms with Crippen LogP contribution in [0.1, 0.15) is 5.56 Å². The average molecular weight is 256 g/mol. The van der Waals surface area contributed by atoms with E-state index in [0.29, 0.717) is 18.0 Å². The number of nitrogens with zero attached hydrogens (tertiary/aromatic N) is 3. The molecule has 0 unspecified atom stereocenters. The van der Waals surface area contributed by atoms with Crippen LogP contribution in [0.2, 0.25) is 0 Å². The van der Waals surface area contributed by atoms with Gasteiger partial charge in [0.2, 0.25) is 0 Å². The number of benzene rings is 1. The zero-order valence-corrected chi connectivity index (χ0v) is 10.5. The third kappa shape index (κ3) is 2.27. The fourth-order valence-electron chi connectivity index (χ4n) is 2.03. The lowest BCUT2D eigenvalue weighted by Crippen LogP contribution is -2.04. The first-order chi connectivity index (χ1) is 9.24. The van der Waals surface area contributed by atoms with E-state index in [9.17, 15) is 4.39 Å². The summed E-state index contributed by atoms with van der Waals surface area (Å²) in [5.74, 6) is 0.520. The predicted molar refractivity (Wildman–Crippen MR) is 72.2 cm³/mol. The third-order valence-electron chi connectivity index (χ3n) is 3.00. The summed E-state index contributed by atoms with van der Waals surface area (Å²) in [6.45, 7) is 0.598. The van der Waals surface area contributed by atoms with Gasteiger partial charge >= 0.3 is 6.08 Å². The van der Waals surface area contributed by atoms with Gasteiger partial charge in [-0.3, -0.25) is 0 Å². The maximum atomic E-state index is 13.4. The van der Waals surface area contributed by atoms with Crippen molar-refractivity contribution in [2.75, 3.05) is 5.32 Å². The lowest BCUT2D eigenvalue weighted by Gasteiger charge is -2.07. The summed E-state index contributed by atoms with van der Waals surface area (Å²) < 4.78 is 15.2. The Bertz CT molecular complexity index is 706. The topological polar surface area (TPSA) is 42.7 Å². The van der Waals surface area contributed by atoms with Gasteiger partial charge in [0.15, 0.2) is 0 Å². The van der Waals surface area contributed by atoms with Crippen LogP contribution in [0, 0.1) is 6.08 Å². The van der Waals surface area contributed by atoms with Gasteiger partial charge in [-0.25, -0.2) is 0 Å². The van der Waals surface area contributed by atoms with E-state index in [1.807, 2.05) is 49.6 Å². The van der Waals surface area contributed by atoms with Crippen molar-refractivity contribution >= 4 is 16.9 Å². The number of fused-ring (bicyclic) bond motifs is 1. The zero-order chi connectivity index (χ0) is 13.2. The van der Waals surface area contributed by atoms with Crippen molar-refractivity contribution in [2.24, 2.45) is 7.05 Å². The van der Waals surface area contributed by atoms with E-state index in [1.54, 1.807) is 4.57 Å². The Morgan fingerprint density at radius 3 is 2.74 bits per heavy atom. The Kier molecular flexibility index (Phi) is 2.87. The lowest BCUT2D eigenvalue weighted by atomic mass is 10.2. The Hall–Kier alpha value is -2.43. The highest BCUT2D eigenvalue weighted by Gasteiger charge is 2.09. The minimum Gasteiger partial charge on any atom is -0.365 e. The number of rotatable bonds is 3. The summed E-state index contributed by atoms with van der Waals surface area (Å²) in [6.07, 6.45) is 1.12. The molecule has 0 saturated heterocycles. The summed E-state index contributed by atoms with van der Waals surface area (Å²) in [5.41, 5.74) is 1.70. The second kappa shape index (κ2) is 4.68. The second-order valence-corrected chi connectivity index (χ2v) is 4.34. The number of aromatic nitrogens is 3. The molecule has 0 bridgehead atoms. The third-order valence-corrected chi connectivity index (χ3v) is 3.00. The van der Waals surface area contributed by atoms with Crippen LogP contribution in [0.4, 0.5) is 10.2 Å². The highest BCUT2D eigenvalue weighted by molar-refractivity contribution is 5.87. The molecule has 96 valence electrons. The van der Waals surface area contributed by atoms with Crippen LogP contribution in [-0.2, 0) is 13.6 Å². The molecule has 0 aliphatic carbocycles. The molecule has 1 N–H and O–H groups in total. The lowest BCUT2D eigenvalue weighted by molar-refractivity contribution is 0.543. The van der Waals surface area contributed by atoms with Gasteiger partial charge in [0.1, 0.15) is 11.5 Å². The van der Waals surface area contributed by atoms with E-state index in [-0.39, 0.29) is 0 Å². The van der Waals surface area contributed by atoms with Crippen molar-refractivity contribution in [2.45, 2.75) is 6.54 Å². The predicted octanol–water partition coefficient (Wildman–Crippen LogP) is 2.72. The molecule has 0 radical (unpaired) electrons. The summed E-state index contributed by atoms with van der Waals surface area (Å²) in [5, 5.41) is 3.97. The zero-order valence-electron chi connectivity index (χ0n) is 10.5. The molecule has 5 heteroatoms. The van der Waals surface area contributed by atoms with Crippen LogP contribution in [0.5, 0.6) is 0 Å². The SMILES string of the molecule is Cn1ccc2c(NCc3ccccc3)nc(F)nc21. The van der Waals surface area contributed by atoms with Gasteiger partial charge in [-0.05, 0) is 11.6 Å². The van der Waals surface area contributed by atoms with Crippen LogP contribution >= 0.6 is 0 Å².